The highest BCUT2D eigenvalue weighted by Crippen LogP contribution is 2.20. The van der Waals surface area contributed by atoms with Crippen LogP contribution in [0.3, 0.4) is 0 Å². The topological polar surface area (TPSA) is 88.9 Å². The second-order valence-electron chi connectivity index (χ2n) is 5.73. The van der Waals surface area contributed by atoms with Gasteiger partial charge in [0.25, 0.3) is 15.9 Å². The molecule has 2 aromatic rings. The SMILES string of the molecule is O=C(NCCc1ccccc1Cl)c1ccc(S(=O)(=O)N2CCOCC2)o1. The maximum atomic E-state index is 12.5. The Bertz CT molecular complexity index is 875. The first-order chi connectivity index (χ1) is 12.5. The van der Waals surface area contributed by atoms with E-state index in [1.807, 2.05) is 18.2 Å². The van der Waals surface area contributed by atoms with E-state index in [-0.39, 0.29) is 23.9 Å². The van der Waals surface area contributed by atoms with Crippen LogP contribution in [0.25, 0.3) is 0 Å². The molecule has 1 aromatic carbocycles. The highest BCUT2D eigenvalue weighted by Gasteiger charge is 2.29. The van der Waals surface area contributed by atoms with Crippen molar-refractivity contribution in [1.29, 1.82) is 0 Å². The van der Waals surface area contributed by atoms with Crippen molar-refractivity contribution < 1.29 is 22.4 Å². The van der Waals surface area contributed by atoms with Crippen molar-refractivity contribution in [3.05, 3.63) is 52.7 Å². The number of furan rings is 1. The van der Waals surface area contributed by atoms with Gasteiger partial charge in [0.1, 0.15) is 0 Å². The average Bonchev–Trinajstić information content (AvgIpc) is 3.15. The maximum Gasteiger partial charge on any atom is 0.287 e. The number of halogens is 1. The summed E-state index contributed by atoms with van der Waals surface area (Å²) >= 11 is 6.07. The summed E-state index contributed by atoms with van der Waals surface area (Å²) in [6.45, 7) is 1.57. The molecule has 0 radical (unpaired) electrons. The van der Waals surface area contributed by atoms with Gasteiger partial charge in [-0.05, 0) is 30.2 Å². The largest absolute Gasteiger partial charge is 0.438 e. The van der Waals surface area contributed by atoms with E-state index in [0.717, 1.165) is 5.56 Å². The van der Waals surface area contributed by atoms with Crippen LogP contribution >= 0.6 is 11.6 Å². The van der Waals surface area contributed by atoms with E-state index in [1.165, 1.54) is 16.4 Å². The summed E-state index contributed by atoms with van der Waals surface area (Å²) in [6.07, 6.45) is 0.561. The van der Waals surface area contributed by atoms with Gasteiger partial charge in [0, 0.05) is 24.7 Å². The number of benzene rings is 1. The van der Waals surface area contributed by atoms with Gasteiger partial charge in [-0.25, -0.2) is 8.42 Å². The van der Waals surface area contributed by atoms with E-state index < -0.39 is 15.9 Å². The first-order valence-corrected chi connectivity index (χ1v) is 9.99. The van der Waals surface area contributed by atoms with E-state index >= 15 is 0 Å². The summed E-state index contributed by atoms with van der Waals surface area (Å²) in [5.74, 6) is -0.517. The molecule has 0 atom stereocenters. The van der Waals surface area contributed by atoms with Crippen LogP contribution in [-0.4, -0.2) is 51.5 Å². The normalized spacial score (nSPS) is 15.7. The van der Waals surface area contributed by atoms with Gasteiger partial charge in [-0.3, -0.25) is 4.79 Å². The van der Waals surface area contributed by atoms with Crippen molar-refractivity contribution in [2.24, 2.45) is 0 Å². The Hall–Kier alpha value is -1.87. The van der Waals surface area contributed by atoms with Crippen LogP contribution < -0.4 is 5.32 Å². The zero-order valence-corrected chi connectivity index (χ0v) is 15.6. The predicted molar refractivity (Wildman–Crippen MR) is 95.8 cm³/mol. The summed E-state index contributed by atoms with van der Waals surface area (Å²) in [6, 6.07) is 10.0. The van der Waals surface area contributed by atoms with Gasteiger partial charge in [0.15, 0.2) is 5.76 Å². The number of nitrogens with zero attached hydrogens (tertiary/aromatic N) is 1. The Kier molecular flexibility index (Phi) is 5.98. The fourth-order valence-electron chi connectivity index (χ4n) is 2.59. The number of ether oxygens (including phenoxy) is 1. The highest BCUT2D eigenvalue weighted by molar-refractivity contribution is 7.89. The van der Waals surface area contributed by atoms with E-state index in [2.05, 4.69) is 5.32 Å². The molecule has 140 valence electrons. The average molecular weight is 399 g/mol. The Morgan fingerprint density at radius 1 is 1.15 bits per heavy atom. The Morgan fingerprint density at radius 2 is 1.88 bits per heavy atom. The molecule has 7 nitrogen and oxygen atoms in total. The lowest BCUT2D eigenvalue weighted by molar-refractivity contribution is 0.0722. The monoisotopic (exact) mass is 398 g/mol. The first kappa shape index (κ1) is 18.9. The molecule has 1 aliphatic heterocycles. The molecular formula is C17H19ClN2O5S. The molecule has 0 aliphatic carbocycles. The van der Waals surface area contributed by atoms with Gasteiger partial charge in [-0.2, -0.15) is 4.31 Å². The highest BCUT2D eigenvalue weighted by atomic mass is 35.5. The Labute approximate surface area is 156 Å². The van der Waals surface area contributed by atoms with Gasteiger partial charge >= 0.3 is 0 Å². The van der Waals surface area contributed by atoms with E-state index in [9.17, 15) is 13.2 Å². The fourth-order valence-corrected chi connectivity index (χ4v) is 4.14. The van der Waals surface area contributed by atoms with E-state index in [1.54, 1.807) is 6.07 Å². The molecule has 0 unspecified atom stereocenters. The van der Waals surface area contributed by atoms with Crippen molar-refractivity contribution in [2.75, 3.05) is 32.8 Å². The summed E-state index contributed by atoms with van der Waals surface area (Å²) in [4.78, 5) is 12.2. The smallest absolute Gasteiger partial charge is 0.287 e. The van der Waals surface area contributed by atoms with Crippen LogP contribution in [0, 0.1) is 0 Å². The van der Waals surface area contributed by atoms with E-state index in [4.69, 9.17) is 20.8 Å². The molecule has 1 N–H and O–H groups in total. The summed E-state index contributed by atoms with van der Waals surface area (Å²) in [5, 5.41) is 3.10. The molecule has 1 amide bonds. The molecule has 0 spiro atoms. The van der Waals surface area contributed by atoms with Gasteiger partial charge in [0.05, 0.1) is 13.2 Å². The van der Waals surface area contributed by atoms with Crippen LogP contribution in [0.15, 0.2) is 45.9 Å². The molecule has 0 bridgehead atoms. The third-order valence-electron chi connectivity index (χ3n) is 4.01. The van der Waals surface area contributed by atoms with Crippen LogP contribution in [0.4, 0.5) is 0 Å². The summed E-state index contributed by atoms with van der Waals surface area (Å²) in [5.41, 5.74) is 0.921. The van der Waals surface area contributed by atoms with Crippen molar-refractivity contribution in [2.45, 2.75) is 11.5 Å². The van der Waals surface area contributed by atoms with Gasteiger partial charge in [0.2, 0.25) is 5.09 Å². The zero-order chi connectivity index (χ0) is 18.6. The number of rotatable bonds is 6. The molecule has 1 fully saturated rings. The molecule has 1 aliphatic rings. The lowest BCUT2D eigenvalue weighted by Crippen LogP contribution is -2.40. The number of nitrogens with one attached hydrogen (secondary N) is 1. The third-order valence-corrected chi connectivity index (χ3v) is 6.15. The van der Waals surface area contributed by atoms with Crippen molar-refractivity contribution in [1.82, 2.24) is 9.62 Å². The number of amides is 1. The van der Waals surface area contributed by atoms with Crippen LogP contribution in [0.2, 0.25) is 5.02 Å². The van der Waals surface area contributed by atoms with Crippen molar-refractivity contribution in [3.63, 3.8) is 0 Å². The van der Waals surface area contributed by atoms with Gasteiger partial charge in [-0.15, -0.1) is 0 Å². The zero-order valence-electron chi connectivity index (χ0n) is 14.0. The second-order valence-corrected chi connectivity index (χ2v) is 8.01. The summed E-state index contributed by atoms with van der Waals surface area (Å²) in [7, 11) is -3.75. The Balaban J connectivity index is 1.60. The van der Waals surface area contributed by atoms with Crippen LogP contribution in [0.1, 0.15) is 16.1 Å². The van der Waals surface area contributed by atoms with Crippen LogP contribution in [0.5, 0.6) is 0 Å². The molecular weight excluding hydrogens is 380 g/mol. The maximum absolute atomic E-state index is 12.5. The molecule has 26 heavy (non-hydrogen) atoms. The molecule has 9 heteroatoms. The second kappa shape index (κ2) is 8.22. The molecule has 3 rings (SSSR count). The third kappa shape index (κ3) is 4.27. The lowest BCUT2D eigenvalue weighted by Gasteiger charge is -2.24. The minimum atomic E-state index is -3.75. The fraction of sp³-hybridized carbons (Fsp3) is 0.353. The molecule has 1 saturated heterocycles. The minimum absolute atomic E-state index is 0.0454. The molecule has 0 saturated carbocycles. The number of hydrogen-bond acceptors (Lipinski definition) is 5. The first-order valence-electron chi connectivity index (χ1n) is 8.18. The molecule has 1 aromatic heterocycles. The standard InChI is InChI=1S/C17H19ClN2O5S/c18-14-4-2-1-3-13(14)7-8-19-17(21)15-5-6-16(25-15)26(22,23)20-9-11-24-12-10-20/h1-6H,7-12H2,(H,19,21). The van der Waals surface area contributed by atoms with Crippen molar-refractivity contribution >= 4 is 27.5 Å². The predicted octanol–water partition coefficient (Wildman–Crippen LogP) is 1.93. The van der Waals surface area contributed by atoms with Crippen molar-refractivity contribution in [3.8, 4) is 0 Å². The minimum Gasteiger partial charge on any atom is -0.438 e. The number of hydrogen-bond donors (Lipinski definition) is 1. The van der Waals surface area contributed by atoms with E-state index in [0.29, 0.717) is 31.2 Å². The lowest BCUT2D eigenvalue weighted by atomic mass is 10.1. The number of sulfonamides is 1. The van der Waals surface area contributed by atoms with Gasteiger partial charge in [-0.1, -0.05) is 29.8 Å². The van der Waals surface area contributed by atoms with Gasteiger partial charge < -0.3 is 14.5 Å². The molecule has 2 heterocycles. The number of morpholine rings is 1. The summed E-state index contributed by atoms with van der Waals surface area (Å²) < 4.78 is 36.7. The number of carbonyl (C=O) groups is 1. The number of carbonyl (C=O) groups excluding carboxylic acids is 1. The quantitative estimate of drug-likeness (QED) is 0.803. The van der Waals surface area contributed by atoms with Crippen LogP contribution in [-0.2, 0) is 21.2 Å². The Morgan fingerprint density at radius 3 is 2.62 bits per heavy atom.